The lowest BCUT2D eigenvalue weighted by atomic mass is 9.77. The zero-order chi connectivity index (χ0) is 26.1. The highest BCUT2D eigenvalue weighted by atomic mass is 19.1. The number of carbonyl (C=O) groups is 1. The van der Waals surface area contributed by atoms with Gasteiger partial charge in [0.2, 0.25) is 0 Å². The van der Waals surface area contributed by atoms with E-state index in [-0.39, 0.29) is 28.7 Å². The minimum Gasteiger partial charge on any atom is -0.506 e. The molecule has 38 heavy (non-hydrogen) atoms. The average Bonchev–Trinajstić information content (AvgIpc) is 3.82. The molecule has 3 aliphatic carbocycles. The molecule has 4 aliphatic rings. The fourth-order valence-electron chi connectivity index (χ4n) is 6.40. The number of halogens is 1. The van der Waals surface area contributed by atoms with Gasteiger partial charge in [0.25, 0.3) is 11.5 Å². The Hall–Kier alpha value is -3.30. The Kier molecular flexibility index (Phi) is 5.39. The van der Waals surface area contributed by atoms with E-state index in [9.17, 15) is 19.1 Å². The van der Waals surface area contributed by atoms with Crippen molar-refractivity contribution >= 4 is 16.9 Å². The highest BCUT2D eigenvalue weighted by Gasteiger charge is 2.53. The number of ether oxygens (including phenoxy) is 1. The second-order valence-corrected chi connectivity index (χ2v) is 11.6. The van der Waals surface area contributed by atoms with E-state index in [4.69, 9.17) is 4.74 Å². The number of nitrogens with zero attached hydrogens (tertiary/aromatic N) is 3. The van der Waals surface area contributed by atoms with Crippen molar-refractivity contribution in [3.63, 3.8) is 0 Å². The van der Waals surface area contributed by atoms with Gasteiger partial charge in [-0.05, 0) is 67.7 Å². The van der Waals surface area contributed by atoms with E-state index in [2.05, 4.69) is 15.2 Å². The third kappa shape index (κ3) is 3.99. The molecule has 1 amide bonds. The lowest BCUT2D eigenvalue weighted by Gasteiger charge is -2.36. The van der Waals surface area contributed by atoms with Gasteiger partial charge in [-0.2, -0.15) is 0 Å². The third-order valence-electron chi connectivity index (χ3n) is 9.10. The number of fused-ring (bicyclic) bond motifs is 1. The van der Waals surface area contributed by atoms with Crippen LogP contribution >= 0.6 is 0 Å². The number of pyridine rings is 2. The Morgan fingerprint density at radius 3 is 2.61 bits per heavy atom. The van der Waals surface area contributed by atoms with Gasteiger partial charge >= 0.3 is 0 Å². The van der Waals surface area contributed by atoms with Gasteiger partial charge in [-0.3, -0.25) is 19.1 Å². The number of carbonyl (C=O) groups excluding carboxylic acids is 1. The quantitative estimate of drug-likeness (QED) is 0.519. The van der Waals surface area contributed by atoms with Crippen LogP contribution in [0.1, 0.15) is 48.9 Å². The standard InChI is InChI=1S/C29H31FN4O4/c30-20-3-1-18(2-4-20)19-13-22-24(35)23(26(36)32-21-14-28(15-21)5-6-28)27(37)34(25(22)31-16-19)10-9-33-11-12-38-17-29(33)7-8-29/h1-4,13,16,21,35H,5-12,14-15,17H2,(H,32,36). The SMILES string of the molecule is O=C(NC1CC2(CC2)C1)c1c(O)c2cc(-c3ccc(F)cc3)cnc2n(CCN2CCOCC23CC3)c1=O. The number of morpholine rings is 1. The van der Waals surface area contributed by atoms with Gasteiger partial charge in [0.15, 0.2) is 0 Å². The van der Waals surface area contributed by atoms with Crippen LogP contribution in [-0.4, -0.2) is 63.3 Å². The minimum absolute atomic E-state index is 0.0275. The molecular weight excluding hydrogens is 487 g/mol. The topological polar surface area (TPSA) is 96.7 Å². The van der Waals surface area contributed by atoms with Gasteiger partial charge in [-0.15, -0.1) is 0 Å². The van der Waals surface area contributed by atoms with Crippen molar-refractivity contribution in [2.24, 2.45) is 5.41 Å². The summed E-state index contributed by atoms with van der Waals surface area (Å²) in [5.74, 6) is -1.25. The van der Waals surface area contributed by atoms with Gasteiger partial charge in [0, 0.05) is 43.0 Å². The summed E-state index contributed by atoms with van der Waals surface area (Å²) in [6.07, 6.45) is 8.03. The zero-order valence-corrected chi connectivity index (χ0v) is 21.2. The van der Waals surface area contributed by atoms with Crippen LogP contribution in [0.3, 0.4) is 0 Å². The van der Waals surface area contributed by atoms with Crippen molar-refractivity contribution in [3.8, 4) is 16.9 Å². The van der Waals surface area contributed by atoms with Crippen LogP contribution in [-0.2, 0) is 11.3 Å². The molecule has 8 nitrogen and oxygen atoms in total. The normalized spacial score (nSPS) is 21.5. The zero-order valence-electron chi connectivity index (χ0n) is 21.2. The molecule has 0 bridgehead atoms. The fraction of sp³-hybridized carbons (Fsp3) is 0.483. The molecule has 4 fully saturated rings. The first-order valence-corrected chi connectivity index (χ1v) is 13.5. The first kappa shape index (κ1) is 23.8. The number of nitrogens with one attached hydrogen (secondary N) is 1. The van der Waals surface area contributed by atoms with E-state index >= 15 is 0 Å². The predicted octanol–water partition coefficient (Wildman–Crippen LogP) is 3.45. The summed E-state index contributed by atoms with van der Waals surface area (Å²) in [4.78, 5) is 34.0. The Morgan fingerprint density at radius 1 is 1.13 bits per heavy atom. The van der Waals surface area contributed by atoms with E-state index in [0.29, 0.717) is 48.3 Å². The highest BCUT2D eigenvalue weighted by molar-refractivity contribution is 6.02. The van der Waals surface area contributed by atoms with E-state index in [1.807, 2.05) is 0 Å². The van der Waals surface area contributed by atoms with Crippen LogP contribution in [0.25, 0.3) is 22.2 Å². The summed E-state index contributed by atoms with van der Waals surface area (Å²) in [5, 5.41) is 14.6. The maximum atomic E-state index is 13.7. The van der Waals surface area contributed by atoms with E-state index in [0.717, 1.165) is 37.8 Å². The molecule has 3 heterocycles. The summed E-state index contributed by atoms with van der Waals surface area (Å²) < 4.78 is 20.7. The summed E-state index contributed by atoms with van der Waals surface area (Å²) in [7, 11) is 0. The van der Waals surface area contributed by atoms with Gasteiger partial charge in [0.1, 0.15) is 22.8 Å². The van der Waals surface area contributed by atoms with Gasteiger partial charge in [-0.25, -0.2) is 9.37 Å². The molecule has 9 heteroatoms. The van der Waals surface area contributed by atoms with Crippen molar-refractivity contribution < 1.29 is 19.0 Å². The number of benzene rings is 1. The minimum atomic E-state index is -0.541. The summed E-state index contributed by atoms with van der Waals surface area (Å²) in [6, 6.07) is 7.74. The Balaban J connectivity index is 1.27. The Morgan fingerprint density at radius 2 is 1.89 bits per heavy atom. The summed E-state index contributed by atoms with van der Waals surface area (Å²) in [6.45, 7) is 3.12. The van der Waals surface area contributed by atoms with Crippen molar-refractivity contribution in [2.45, 2.75) is 56.7 Å². The molecule has 7 rings (SSSR count). The molecule has 0 unspecified atom stereocenters. The molecule has 1 aliphatic heterocycles. The Labute approximate surface area is 219 Å². The van der Waals surface area contributed by atoms with Crippen molar-refractivity contribution in [1.29, 1.82) is 0 Å². The van der Waals surface area contributed by atoms with Crippen LogP contribution in [0.4, 0.5) is 4.39 Å². The molecule has 1 aromatic carbocycles. The highest BCUT2D eigenvalue weighted by Crippen LogP contribution is 2.60. The fourth-order valence-corrected chi connectivity index (χ4v) is 6.40. The number of hydrogen-bond donors (Lipinski definition) is 2. The maximum Gasteiger partial charge on any atom is 0.268 e. The van der Waals surface area contributed by atoms with E-state index < -0.39 is 11.5 Å². The van der Waals surface area contributed by atoms with Crippen LogP contribution in [0, 0.1) is 11.2 Å². The van der Waals surface area contributed by atoms with Crippen LogP contribution in [0.2, 0.25) is 0 Å². The third-order valence-corrected chi connectivity index (χ3v) is 9.10. The number of amides is 1. The Bertz CT molecular complexity index is 1490. The monoisotopic (exact) mass is 518 g/mol. The molecular formula is C29H31FN4O4. The van der Waals surface area contributed by atoms with E-state index in [1.165, 1.54) is 29.5 Å². The van der Waals surface area contributed by atoms with Crippen LogP contribution < -0.4 is 10.9 Å². The lowest BCUT2D eigenvalue weighted by molar-refractivity contribution is -0.0215. The second-order valence-electron chi connectivity index (χ2n) is 11.6. The van der Waals surface area contributed by atoms with Crippen LogP contribution in [0.15, 0.2) is 41.3 Å². The first-order valence-electron chi connectivity index (χ1n) is 13.5. The molecule has 1 saturated heterocycles. The molecule has 3 aromatic rings. The molecule has 2 N–H and O–H groups in total. The average molecular weight is 519 g/mol. The predicted molar refractivity (Wildman–Crippen MR) is 140 cm³/mol. The maximum absolute atomic E-state index is 13.7. The number of rotatable bonds is 6. The van der Waals surface area contributed by atoms with Gasteiger partial charge in [0.05, 0.1) is 18.6 Å². The number of hydrogen-bond acceptors (Lipinski definition) is 6. The molecule has 0 radical (unpaired) electrons. The number of aromatic hydroxyl groups is 1. The van der Waals surface area contributed by atoms with Gasteiger partial charge in [-0.1, -0.05) is 12.1 Å². The molecule has 3 saturated carbocycles. The largest absolute Gasteiger partial charge is 0.506 e. The lowest BCUT2D eigenvalue weighted by Crippen LogP contribution is -2.49. The van der Waals surface area contributed by atoms with Crippen molar-refractivity contribution in [1.82, 2.24) is 19.8 Å². The van der Waals surface area contributed by atoms with E-state index in [1.54, 1.807) is 24.4 Å². The van der Waals surface area contributed by atoms with Crippen molar-refractivity contribution in [2.75, 3.05) is 26.3 Å². The molecule has 2 aromatic heterocycles. The first-order chi connectivity index (χ1) is 18.4. The van der Waals surface area contributed by atoms with Crippen LogP contribution in [0.5, 0.6) is 5.75 Å². The second kappa shape index (κ2) is 8.61. The molecule has 2 spiro atoms. The van der Waals surface area contributed by atoms with Crippen molar-refractivity contribution in [3.05, 3.63) is 58.3 Å². The summed E-state index contributed by atoms with van der Waals surface area (Å²) >= 11 is 0. The smallest absolute Gasteiger partial charge is 0.268 e. The molecule has 198 valence electrons. The van der Waals surface area contributed by atoms with Gasteiger partial charge < -0.3 is 15.2 Å². The number of aromatic nitrogens is 2. The summed E-state index contributed by atoms with van der Waals surface area (Å²) in [5.41, 5.74) is 1.38. The molecule has 0 atom stereocenters.